The average Bonchev–Trinajstić information content (AvgIpc) is 2.38. The van der Waals surface area contributed by atoms with E-state index in [4.69, 9.17) is 0 Å². The summed E-state index contributed by atoms with van der Waals surface area (Å²) < 4.78 is 0. The lowest BCUT2D eigenvalue weighted by atomic mass is 9.77. The summed E-state index contributed by atoms with van der Waals surface area (Å²) in [4.78, 5) is 0. The Hall–Kier alpha value is 0.0800. The van der Waals surface area contributed by atoms with Gasteiger partial charge in [0.25, 0.3) is 0 Å². The summed E-state index contributed by atoms with van der Waals surface area (Å²) >= 11 is 0. The van der Waals surface area contributed by atoms with Crippen molar-refractivity contribution in [3.8, 4) is 0 Å². The standard InChI is InChI=1S/C24H44P2/c1-21(2,3)19(22(4,5)6)25-17-15-13-14-16-18(17)26-20(23(7,8)9)24(10,11)12/h13-16,19-20,25-26H,1-12H3. The van der Waals surface area contributed by atoms with Crippen LogP contribution in [0.3, 0.4) is 0 Å². The number of hydrogen-bond acceptors (Lipinski definition) is 0. The van der Waals surface area contributed by atoms with Gasteiger partial charge in [0.2, 0.25) is 0 Å². The summed E-state index contributed by atoms with van der Waals surface area (Å²) in [6, 6.07) is 9.27. The summed E-state index contributed by atoms with van der Waals surface area (Å²) in [7, 11) is 1.74. The highest BCUT2D eigenvalue weighted by molar-refractivity contribution is 7.55. The van der Waals surface area contributed by atoms with Gasteiger partial charge in [-0.15, -0.1) is 0 Å². The first-order valence-electron chi connectivity index (χ1n) is 10.1. The molecule has 1 aromatic carbocycles. The molecule has 0 aromatic heterocycles. The van der Waals surface area contributed by atoms with Gasteiger partial charge in [0.1, 0.15) is 0 Å². The third kappa shape index (κ3) is 6.91. The van der Waals surface area contributed by atoms with Crippen molar-refractivity contribution in [1.82, 2.24) is 0 Å². The summed E-state index contributed by atoms with van der Waals surface area (Å²) in [5, 5.41) is 3.19. The van der Waals surface area contributed by atoms with Crippen molar-refractivity contribution in [1.29, 1.82) is 0 Å². The lowest BCUT2D eigenvalue weighted by molar-refractivity contribution is 0.246. The predicted molar refractivity (Wildman–Crippen MR) is 128 cm³/mol. The number of benzene rings is 1. The minimum absolute atomic E-state index is 0.320. The molecule has 0 spiro atoms. The average molecular weight is 395 g/mol. The fraction of sp³-hybridized carbons (Fsp3) is 0.750. The molecule has 0 aliphatic rings. The Kier molecular flexibility index (Phi) is 7.62. The number of rotatable bonds is 4. The lowest BCUT2D eigenvalue weighted by Gasteiger charge is -2.43. The maximum absolute atomic E-state index is 2.41. The third-order valence-corrected chi connectivity index (χ3v) is 10.8. The van der Waals surface area contributed by atoms with Gasteiger partial charge in [0.05, 0.1) is 0 Å². The molecule has 0 aliphatic heterocycles. The second-order valence-electron chi connectivity index (χ2n) is 12.2. The number of hydrogen-bond donors (Lipinski definition) is 0. The Morgan fingerprint density at radius 2 is 0.731 bits per heavy atom. The van der Waals surface area contributed by atoms with Crippen molar-refractivity contribution < 1.29 is 0 Å². The molecule has 150 valence electrons. The molecule has 0 radical (unpaired) electrons. The molecule has 26 heavy (non-hydrogen) atoms. The van der Waals surface area contributed by atoms with Crippen LogP contribution in [0, 0.1) is 21.7 Å². The fourth-order valence-corrected chi connectivity index (χ4v) is 8.16. The van der Waals surface area contributed by atoms with Gasteiger partial charge in [-0.05, 0) is 43.6 Å². The molecule has 0 nitrogen and oxygen atoms in total. The molecule has 2 unspecified atom stereocenters. The monoisotopic (exact) mass is 394 g/mol. The predicted octanol–water partition coefficient (Wildman–Crippen LogP) is 7.22. The molecular weight excluding hydrogens is 350 g/mol. The van der Waals surface area contributed by atoms with E-state index in [9.17, 15) is 0 Å². The van der Waals surface area contributed by atoms with Gasteiger partial charge in [-0.25, -0.2) is 0 Å². The van der Waals surface area contributed by atoms with Crippen molar-refractivity contribution in [2.45, 2.75) is 94.4 Å². The molecule has 0 saturated carbocycles. The molecule has 0 bridgehead atoms. The summed E-state index contributed by atoms with van der Waals surface area (Å²) in [5.41, 5.74) is 2.65. The van der Waals surface area contributed by atoms with Gasteiger partial charge in [-0.2, -0.15) is 0 Å². The van der Waals surface area contributed by atoms with Gasteiger partial charge in [-0.1, -0.05) is 125 Å². The van der Waals surface area contributed by atoms with Crippen molar-refractivity contribution in [3.63, 3.8) is 0 Å². The second-order valence-corrected chi connectivity index (χ2v) is 15.0. The van der Waals surface area contributed by atoms with Crippen LogP contribution < -0.4 is 10.6 Å². The van der Waals surface area contributed by atoms with Crippen LogP contribution in [0.4, 0.5) is 0 Å². The lowest BCUT2D eigenvalue weighted by Crippen LogP contribution is -2.39. The largest absolute Gasteiger partial charge is 0.0855 e. The highest BCUT2D eigenvalue weighted by Crippen LogP contribution is 2.48. The van der Waals surface area contributed by atoms with Gasteiger partial charge in [0.15, 0.2) is 0 Å². The van der Waals surface area contributed by atoms with Gasteiger partial charge in [0, 0.05) is 0 Å². The molecule has 2 atom stereocenters. The molecule has 0 amide bonds. The molecule has 0 aliphatic carbocycles. The highest BCUT2D eigenvalue weighted by atomic mass is 31.1. The second kappa shape index (κ2) is 8.21. The Balaban J connectivity index is 3.26. The van der Waals surface area contributed by atoms with Crippen molar-refractivity contribution in [2.75, 3.05) is 0 Å². The van der Waals surface area contributed by atoms with Crippen LogP contribution in [0.2, 0.25) is 0 Å². The van der Waals surface area contributed by atoms with Crippen molar-refractivity contribution in [2.24, 2.45) is 21.7 Å². The molecule has 0 saturated heterocycles. The zero-order chi connectivity index (χ0) is 20.6. The molecule has 1 rings (SSSR count). The molecule has 0 heterocycles. The van der Waals surface area contributed by atoms with E-state index in [0.717, 1.165) is 17.2 Å². The molecule has 1 aromatic rings. The maximum atomic E-state index is 2.41. The summed E-state index contributed by atoms with van der Waals surface area (Å²) in [6.45, 7) is 28.9. The van der Waals surface area contributed by atoms with E-state index in [1.54, 1.807) is 10.6 Å². The molecular formula is C24H44P2. The van der Waals surface area contributed by atoms with Crippen LogP contribution in [-0.4, -0.2) is 11.3 Å². The highest BCUT2D eigenvalue weighted by Gasteiger charge is 2.37. The molecule has 0 N–H and O–H groups in total. The van der Waals surface area contributed by atoms with E-state index in [2.05, 4.69) is 107 Å². The van der Waals surface area contributed by atoms with E-state index in [1.807, 2.05) is 0 Å². The maximum Gasteiger partial charge on any atom is -0.00987 e. The van der Waals surface area contributed by atoms with Crippen LogP contribution >= 0.6 is 17.2 Å². The third-order valence-electron chi connectivity index (χ3n) is 4.99. The Bertz CT molecular complexity index is 493. The van der Waals surface area contributed by atoms with Crippen LogP contribution in [0.5, 0.6) is 0 Å². The van der Waals surface area contributed by atoms with Crippen LogP contribution in [0.1, 0.15) is 83.1 Å². The first kappa shape index (κ1) is 24.1. The zero-order valence-corrected chi connectivity index (χ0v) is 21.5. The van der Waals surface area contributed by atoms with Crippen molar-refractivity contribution in [3.05, 3.63) is 24.3 Å². The van der Waals surface area contributed by atoms with Crippen molar-refractivity contribution >= 4 is 27.8 Å². The van der Waals surface area contributed by atoms with Crippen LogP contribution in [0.15, 0.2) is 24.3 Å². The molecule has 0 fully saturated rings. The zero-order valence-electron chi connectivity index (χ0n) is 19.5. The normalized spacial score (nSPS) is 15.3. The Labute approximate surface area is 168 Å². The smallest absolute Gasteiger partial charge is 0.00987 e. The van der Waals surface area contributed by atoms with Gasteiger partial charge >= 0.3 is 0 Å². The van der Waals surface area contributed by atoms with E-state index in [1.165, 1.54) is 0 Å². The minimum atomic E-state index is 0.320. The van der Waals surface area contributed by atoms with E-state index >= 15 is 0 Å². The van der Waals surface area contributed by atoms with E-state index in [0.29, 0.717) is 33.0 Å². The van der Waals surface area contributed by atoms with Crippen LogP contribution in [0.25, 0.3) is 0 Å². The van der Waals surface area contributed by atoms with Gasteiger partial charge < -0.3 is 0 Å². The van der Waals surface area contributed by atoms with E-state index in [-0.39, 0.29) is 0 Å². The summed E-state index contributed by atoms with van der Waals surface area (Å²) in [5.74, 6) is 0. The minimum Gasteiger partial charge on any atom is -0.0855 e. The Morgan fingerprint density at radius 3 is 0.923 bits per heavy atom. The molecule has 2 heteroatoms. The fourth-order valence-electron chi connectivity index (χ4n) is 4.51. The summed E-state index contributed by atoms with van der Waals surface area (Å²) in [6.07, 6.45) is 0. The van der Waals surface area contributed by atoms with E-state index < -0.39 is 0 Å². The SMILES string of the molecule is CC(C)(C)C(Pc1ccccc1PC(C(C)(C)C)C(C)(C)C)C(C)(C)C. The topological polar surface area (TPSA) is 0 Å². The first-order chi connectivity index (χ1) is 11.4. The Morgan fingerprint density at radius 1 is 0.500 bits per heavy atom. The van der Waals surface area contributed by atoms with Crippen LogP contribution in [-0.2, 0) is 0 Å². The first-order valence-corrected chi connectivity index (χ1v) is 12.2. The quantitative estimate of drug-likeness (QED) is 0.473. The van der Waals surface area contributed by atoms with Gasteiger partial charge in [-0.3, -0.25) is 0 Å².